The van der Waals surface area contributed by atoms with Crippen molar-refractivity contribution in [3.63, 3.8) is 0 Å². The number of fused-ring (bicyclic) bond motifs is 2. The highest BCUT2D eigenvalue weighted by atomic mass is 35.5. The number of nitrogens with zero attached hydrogens (tertiary/aromatic N) is 3. The second-order valence-electron chi connectivity index (χ2n) is 7.41. The van der Waals surface area contributed by atoms with Crippen molar-refractivity contribution in [1.29, 1.82) is 0 Å². The summed E-state index contributed by atoms with van der Waals surface area (Å²) < 4.78 is 26.2. The molecular formula is C25H22ClFN4O2. The Morgan fingerprint density at radius 3 is 2.58 bits per heavy atom. The van der Waals surface area contributed by atoms with Gasteiger partial charge in [-0.3, -0.25) is 9.67 Å². The van der Waals surface area contributed by atoms with Crippen molar-refractivity contribution in [1.82, 2.24) is 14.8 Å². The second kappa shape index (κ2) is 9.34. The molecule has 0 aliphatic rings. The summed E-state index contributed by atoms with van der Waals surface area (Å²) in [7, 11) is 3.22. The molecule has 2 heterocycles. The van der Waals surface area contributed by atoms with Gasteiger partial charge in [-0.15, -0.1) is 12.4 Å². The molecule has 0 saturated carbocycles. The van der Waals surface area contributed by atoms with E-state index >= 15 is 0 Å². The van der Waals surface area contributed by atoms with Crippen molar-refractivity contribution in [2.75, 3.05) is 19.5 Å². The molecule has 0 saturated heterocycles. The topological polar surface area (TPSA) is 61.2 Å². The van der Waals surface area contributed by atoms with Crippen LogP contribution in [0.15, 0.2) is 73.1 Å². The Labute approximate surface area is 196 Å². The van der Waals surface area contributed by atoms with Gasteiger partial charge >= 0.3 is 0 Å². The number of hydrogen-bond acceptors (Lipinski definition) is 5. The van der Waals surface area contributed by atoms with Gasteiger partial charge < -0.3 is 14.8 Å². The van der Waals surface area contributed by atoms with E-state index in [1.54, 1.807) is 26.5 Å². The molecule has 1 N–H and O–H groups in total. The van der Waals surface area contributed by atoms with E-state index in [0.29, 0.717) is 18.0 Å². The molecule has 0 spiro atoms. The van der Waals surface area contributed by atoms with Crippen LogP contribution in [0.2, 0.25) is 0 Å². The van der Waals surface area contributed by atoms with Crippen molar-refractivity contribution < 1.29 is 13.9 Å². The van der Waals surface area contributed by atoms with E-state index in [4.69, 9.17) is 9.47 Å². The van der Waals surface area contributed by atoms with Crippen molar-refractivity contribution in [2.24, 2.45) is 0 Å². The second-order valence-corrected chi connectivity index (χ2v) is 7.41. The number of anilines is 2. The SMILES string of the molecule is COc1cc2nccc(Nc3ccc4c(cnn4Cc4cccc(F)c4)c3)c2cc1OC.Cl. The zero-order valence-electron chi connectivity index (χ0n) is 18.1. The number of aromatic nitrogens is 3. The Morgan fingerprint density at radius 2 is 1.79 bits per heavy atom. The van der Waals surface area contributed by atoms with E-state index < -0.39 is 0 Å². The molecule has 0 unspecified atom stereocenters. The smallest absolute Gasteiger partial charge is 0.162 e. The van der Waals surface area contributed by atoms with Crippen LogP contribution in [0.4, 0.5) is 15.8 Å². The zero-order valence-corrected chi connectivity index (χ0v) is 18.9. The minimum Gasteiger partial charge on any atom is -0.493 e. The van der Waals surface area contributed by atoms with Crippen LogP contribution in [0.3, 0.4) is 0 Å². The number of pyridine rings is 1. The van der Waals surface area contributed by atoms with Crippen LogP contribution in [0.5, 0.6) is 11.5 Å². The van der Waals surface area contributed by atoms with Gasteiger partial charge in [-0.05, 0) is 48.0 Å². The van der Waals surface area contributed by atoms with Gasteiger partial charge in [0.1, 0.15) is 5.82 Å². The molecular weight excluding hydrogens is 443 g/mol. The first-order valence-electron chi connectivity index (χ1n) is 10.1. The van der Waals surface area contributed by atoms with Crippen LogP contribution in [-0.4, -0.2) is 29.0 Å². The fraction of sp³-hybridized carbons (Fsp3) is 0.120. The molecule has 3 aromatic carbocycles. The van der Waals surface area contributed by atoms with E-state index in [1.165, 1.54) is 12.1 Å². The molecule has 0 atom stereocenters. The Morgan fingerprint density at radius 1 is 0.970 bits per heavy atom. The number of benzene rings is 3. The molecule has 168 valence electrons. The molecule has 5 rings (SSSR count). The van der Waals surface area contributed by atoms with Gasteiger partial charge in [0, 0.05) is 34.4 Å². The maximum Gasteiger partial charge on any atom is 0.162 e. The molecule has 2 aromatic heterocycles. The van der Waals surface area contributed by atoms with Crippen LogP contribution in [0.25, 0.3) is 21.8 Å². The van der Waals surface area contributed by atoms with Crippen LogP contribution in [0.1, 0.15) is 5.56 Å². The normalized spacial score (nSPS) is 10.8. The highest BCUT2D eigenvalue weighted by molar-refractivity contribution is 5.95. The first-order valence-corrected chi connectivity index (χ1v) is 10.1. The summed E-state index contributed by atoms with van der Waals surface area (Å²) in [6.07, 6.45) is 3.57. The summed E-state index contributed by atoms with van der Waals surface area (Å²) >= 11 is 0. The number of halogens is 2. The zero-order chi connectivity index (χ0) is 22.1. The van der Waals surface area contributed by atoms with Crippen molar-refractivity contribution in [3.8, 4) is 11.5 Å². The number of methoxy groups -OCH3 is 2. The van der Waals surface area contributed by atoms with Gasteiger partial charge in [0.15, 0.2) is 11.5 Å². The average molecular weight is 465 g/mol. The Hall–Kier alpha value is -3.84. The van der Waals surface area contributed by atoms with Gasteiger partial charge in [-0.1, -0.05) is 12.1 Å². The maximum atomic E-state index is 13.5. The number of rotatable bonds is 6. The number of nitrogens with one attached hydrogen (secondary N) is 1. The van der Waals surface area contributed by atoms with Gasteiger partial charge in [0.25, 0.3) is 0 Å². The molecule has 0 aliphatic heterocycles. The third kappa shape index (κ3) is 4.40. The fourth-order valence-electron chi connectivity index (χ4n) is 3.84. The molecule has 0 amide bonds. The van der Waals surface area contributed by atoms with Gasteiger partial charge in [-0.2, -0.15) is 5.10 Å². The van der Waals surface area contributed by atoms with E-state index in [0.717, 1.165) is 38.7 Å². The predicted octanol–water partition coefficient (Wildman–Crippen LogP) is 5.95. The van der Waals surface area contributed by atoms with Crippen LogP contribution < -0.4 is 14.8 Å². The highest BCUT2D eigenvalue weighted by Gasteiger charge is 2.11. The lowest BCUT2D eigenvalue weighted by Crippen LogP contribution is -2.01. The summed E-state index contributed by atoms with van der Waals surface area (Å²) in [5, 5.41) is 9.87. The average Bonchev–Trinajstić information content (AvgIpc) is 3.20. The highest BCUT2D eigenvalue weighted by Crippen LogP contribution is 2.35. The van der Waals surface area contributed by atoms with Crippen molar-refractivity contribution >= 4 is 45.6 Å². The third-order valence-corrected chi connectivity index (χ3v) is 5.39. The number of hydrogen-bond donors (Lipinski definition) is 1. The summed E-state index contributed by atoms with van der Waals surface area (Å²) in [4.78, 5) is 4.45. The molecule has 8 heteroatoms. The minimum atomic E-state index is -0.246. The monoisotopic (exact) mass is 464 g/mol. The van der Waals surface area contributed by atoms with Gasteiger partial charge in [0.2, 0.25) is 0 Å². The molecule has 0 aliphatic carbocycles. The lowest BCUT2D eigenvalue weighted by atomic mass is 10.1. The van der Waals surface area contributed by atoms with Crippen LogP contribution in [-0.2, 0) is 6.54 Å². The molecule has 6 nitrogen and oxygen atoms in total. The van der Waals surface area contributed by atoms with Gasteiger partial charge in [-0.25, -0.2) is 4.39 Å². The van der Waals surface area contributed by atoms with Gasteiger partial charge in [0.05, 0.1) is 38.0 Å². The Kier molecular flexibility index (Phi) is 6.33. The fourth-order valence-corrected chi connectivity index (χ4v) is 3.84. The molecule has 33 heavy (non-hydrogen) atoms. The first kappa shape index (κ1) is 22.4. The van der Waals surface area contributed by atoms with E-state index in [2.05, 4.69) is 15.4 Å². The quantitative estimate of drug-likeness (QED) is 0.336. The maximum absolute atomic E-state index is 13.5. The Balaban J connectivity index is 0.00000259. The molecule has 0 bridgehead atoms. The van der Waals surface area contributed by atoms with E-state index in [-0.39, 0.29) is 18.2 Å². The Bertz CT molecular complexity index is 1440. The van der Waals surface area contributed by atoms with E-state index in [1.807, 2.05) is 53.3 Å². The summed E-state index contributed by atoms with van der Waals surface area (Å²) in [6.45, 7) is 0.505. The summed E-state index contributed by atoms with van der Waals surface area (Å²) in [5.74, 6) is 1.03. The minimum absolute atomic E-state index is 0. The molecule has 5 aromatic rings. The largest absolute Gasteiger partial charge is 0.493 e. The first-order chi connectivity index (χ1) is 15.6. The number of ether oxygens (including phenoxy) is 2. The molecule has 0 radical (unpaired) electrons. The van der Waals surface area contributed by atoms with Crippen LogP contribution >= 0.6 is 12.4 Å². The van der Waals surface area contributed by atoms with Crippen molar-refractivity contribution in [3.05, 3.63) is 84.4 Å². The summed E-state index contributed by atoms with van der Waals surface area (Å²) in [5.41, 5.74) is 4.47. The lowest BCUT2D eigenvalue weighted by molar-refractivity contribution is 0.356. The predicted molar refractivity (Wildman–Crippen MR) is 131 cm³/mol. The molecule has 0 fully saturated rings. The van der Waals surface area contributed by atoms with Crippen molar-refractivity contribution in [2.45, 2.75) is 6.54 Å². The standard InChI is InChI=1S/C25H21FN4O2.ClH/c1-31-24-12-20-21(8-9-27-22(20)13-25(24)32-2)29-19-6-7-23-17(11-19)14-28-30(23)15-16-4-3-5-18(26)10-16;/h3-14H,15H2,1-2H3,(H,27,29);1H. The lowest BCUT2D eigenvalue weighted by Gasteiger charge is -2.13. The van der Waals surface area contributed by atoms with Crippen LogP contribution in [0, 0.1) is 5.82 Å². The van der Waals surface area contributed by atoms with E-state index in [9.17, 15) is 4.39 Å². The summed E-state index contributed by atoms with van der Waals surface area (Å²) in [6, 6.07) is 18.3. The third-order valence-electron chi connectivity index (χ3n) is 5.39.